The fraction of sp³-hybridized carbons (Fsp3) is 0.800. The Labute approximate surface area is 109 Å². The molecule has 1 aromatic rings. The summed E-state index contributed by atoms with van der Waals surface area (Å²) in [5.41, 5.74) is 1.15. The summed E-state index contributed by atoms with van der Waals surface area (Å²) in [5.74, 6) is 1.27. The molecule has 6 heteroatoms. The van der Waals surface area contributed by atoms with Crippen molar-refractivity contribution >= 4 is 27.7 Å². The van der Waals surface area contributed by atoms with Gasteiger partial charge < -0.3 is 5.32 Å². The minimum atomic E-state index is 0.333. The number of halogens is 1. The molecule has 2 unspecified atom stereocenters. The van der Waals surface area contributed by atoms with Crippen LogP contribution in [0.15, 0.2) is 4.60 Å². The molecule has 1 aromatic heterocycles. The van der Waals surface area contributed by atoms with Crippen LogP contribution in [0.25, 0.3) is 0 Å². The van der Waals surface area contributed by atoms with Crippen molar-refractivity contribution in [3.63, 3.8) is 0 Å². The molecular formula is C10H17BrN4S. The zero-order valence-electron chi connectivity index (χ0n) is 9.61. The second kappa shape index (κ2) is 5.51. The molecule has 1 saturated heterocycles. The third kappa shape index (κ3) is 2.43. The van der Waals surface area contributed by atoms with E-state index in [0.717, 1.165) is 10.3 Å². The molecule has 0 aliphatic carbocycles. The van der Waals surface area contributed by atoms with Gasteiger partial charge in [0.25, 0.3) is 0 Å². The van der Waals surface area contributed by atoms with E-state index in [1.165, 1.54) is 25.0 Å². The van der Waals surface area contributed by atoms with Crippen LogP contribution in [0, 0.1) is 0 Å². The summed E-state index contributed by atoms with van der Waals surface area (Å²) in [6.45, 7) is 0. The maximum absolute atomic E-state index is 4.06. The van der Waals surface area contributed by atoms with Crippen LogP contribution in [0.2, 0.25) is 0 Å². The molecule has 1 aliphatic heterocycles. The standard InChI is InChI=1S/C10H17BrN4S/c1-12-8(7-5-3-4-6-16-7)9-10(11)13-14-15(9)2/h7-8,12H,3-6H2,1-2H3. The molecule has 2 rings (SSSR count). The maximum atomic E-state index is 4.06. The minimum Gasteiger partial charge on any atom is -0.311 e. The monoisotopic (exact) mass is 304 g/mol. The highest BCUT2D eigenvalue weighted by Crippen LogP contribution is 2.36. The van der Waals surface area contributed by atoms with E-state index in [2.05, 4.69) is 43.3 Å². The van der Waals surface area contributed by atoms with Gasteiger partial charge in [-0.2, -0.15) is 11.8 Å². The predicted molar refractivity (Wildman–Crippen MR) is 70.6 cm³/mol. The molecule has 16 heavy (non-hydrogen) atoms. The summed E-state index contributed by atoms with van der Waals surface area (Å²) in [6.07, 6.45) is 3.95. The van der Waals surface area contributed by atoms with Crippen LogP contribution in [0.5, 0.6) is 0 Å². The van der Waals surface area contributed by atoms with Crippen molar-refractivity contribution in [3.05, 3.63) is 10.3 Å². The van der Waals surface area contributed by atoms with E-state index < -0.39 is 0 Å². The molecule has 1 aliphatic rings. The molecule has 0 amide bonds. The average Bonchev–Trinajstić information content (AvgIpc) is 2.63. The summed E-state index contributed by atoms with van der Waals surface area (Å²) < 4.78 is 2.72. The van der Waals surface area contributed by atoms with E-state index in [1.807, 2.05) is 18.8 Å². The van der Waals surface area contributed by atoms with E-state index in [9.17, 15) is 0 Å². The summed E-state index contributed by atoms with van der Waals surface area (Å²) >= 11 is 5.54. The van der Waals surface area contributed by atoms with Gasteiger partial charge in [0, 0.05) is 12.3 Å². The first kappa shape index (κ1) is 12.4. The smallest absolute Gasteiger partial charge is 0.153 e. The van der Waals surface area contributed by atoms with Gasteiger partial charge in [0.2, 0.25) is 0 Å². The van der Waals surface area contributed by atoms with Gasteiger partial charge >= 0.3 is 0 Å². The highest BCUT2D eigenvalue weighted by atomic mass is 79.9. The Balaban J connectivity index is 2.21. The first-order chi connectivity index (χ1) is 7.74. The van der Waals surface area contributed by atoms with Gasteiger partial charge in [-0.1, -0.05) is 11.6 Å². The lowest BCUT2D eigenvalue weighted by atomic mass is 10.0. The Morgan fingerprint density at radius 1 is 1.56 bits per heavy atom. The normalized spacial score (nSPS) is 23.3. The molecule has 0 saturated carbocycles. The molecule has 2 atom stereocenters. The van der Waals surface area contributed by atoms with Crippen LogP contribution in [-0.4, -0.2) is 33.0 Å². The van der Waals surface area contributed by atoms with E-state index in [1.54, 1.807) is 0 Å². The largest absolute Gasteiger partial charge is 0.311 e. The summed E-state index contributed by atoms with van der Waals surface area (Å²) in [6, 6.07) is 0.333. The van der Waals surface area contributed by atoms with E-state index in [0.29, 0.717) is 11.3 Å². The number of hydrogen-bond acceptors (Lipinski definition) is 4. The number of nitrogens with one attached hydrogen (secondary N) is 1. The van der Waals surface area contributed by atoms with Crippen molar-refractivity contribution in [3.8, 4) is 0 Å². The highest BCUT2D eigenvalue weighted by molar-refractivity contribution is 9.10. The average molecular weight is 305 g/mol. The minimum absolute atomic E-state index is 0.333. The maximum Gasteiger partial charge on any atom is 0.153 e. The molecule has 90 valence electrons. The molecule has 1 N–H and O–H groups in total. The first-order valence-corrected chi connectivity index (χ1v) is 7.42. The highest BCUT2D eigenvalue weighted by Gasteiger charge is 2.28. The van der Waals surface area contributed by atoms with Crippen LogP contribution in [0.3, 0.4) is 0 Å². The number of aromatic nitrogens is 3. The Morgan fingerprint density at radius 2 is 2.38 bits per heavy atom. The van der Waals surface area contributed by atoms with Gasteiger partial charge in [-0.15, -0.1) is 5.10 Å². The Hall–Kier alpha value is -0.0700. The number of thioether (sulfide) groups is 1. The number of hydrogen-bond donors (Lipinski definition) is 1. The molecule has 4 nitrogen and oxygen atoms in total. The van der Waals surface area contributed by atoms with Crippen molar-refractivity contribution in [2.75, 3.05) is 12.8 Å². The van der Waals surface area contributed by atoms with Crippen molar-refractivity contribution in [2.24, 2.45) is 7.05 Å². The van der Waals surface area contributed by atoms with Gasteiger partial charge in [0.15, 0.2) is 4.60 Å². The Kier molecular flexibility index (Phi) is 4.27. The zero-order valence-corrected chi connectivity index (χ0v) is 12.0. The number of rotatable bonds is 3. The van der Waals surface area contributed by atoms with Crippen LogP contribution in [0.1, 0.15) is 31.0 Å². The second-order valence-electron chi connectivity index (χ2n) is 4.06. The first-order valence-electron chi connectivity index (χ1n) is 5.58. The molecular weight excluding hydrogens is 288 g/mol. The molecule has 0 bridgehead atoms. The van der Waals surface area contributed by atoms with Gasteiger partial charge in [0.1, 0.15) is 0 Å². The lowest BCUT2D eigenvalue weighted by molar-refractivity contribution is 0.483. The lowest BCUT2D eigenvalue weighted by Crippen LogP contribution is -2.31. The van der Waals surface area contributed by atoms with Crippen molar-refractivity contribution in [2.45, 2.75) is 30.6 Å². The molecule has 0 aromatic carbocycles. The fourth-order valence-corrected chi connectivity index (χ4v) is 4.23. The molecule has 1 fully saturated rings. The van der Waals surface area contributed by atoms with E-state index in [-0.39, 0.29) is 0 Å². The van der Waals surface area contributed by atoms with E-state index >= 15 is 0 Å². The summed E-state index contributed by atoms with van der Waals surface area (Å²) in [7, 11) is 3.96. The SMILES string of the molecule is CNC(c1c(Br)nnn1C)C1CCCCS1. The third-order valence-corrected chi connectivity index (χ3v) is 5.04. The third-order valence-electron chi connectivity index (χ3n) is 3.02. The zero-order chi connectivity index (χ0) is 11.5. The summed E-state index contributed by atoms with van der Waals surface area (Å²) in [4.78, 5) is 0. The Bertz CT molecular complexity index is 329. The molecule has 2 heterocycles. The van der Waals surface area contributed by atoms with Crippen LogP contribution in [0.4, 0.5) is 0 Å². The van der Waals surface area contributed by atoms with Gasteiger partial charge in [-0.05, 0) is 41.6 Å². The summed E-state index contributed by atoms with van der Waals surface area (Å²) in [5, 5.41) is 12.1. The number of nitrogens with zero attached hydrogens (tertiary/aromatic N) is 3. The lowest BCUT2D eigenvalue weighted by Gasteiger charge is -2.29. The fourth-order valence-electron chi connectivity index (χ4n) is 2.20. The van der Waals surface area contributed by atoms with Crippen molar-refractivity contribution < 1.29 is 0 Å². The van der Waals surface area contributed by atoms with Gasteiger partial charge in [-0.25, -0.2) is 4.68 Å². The molecule has 0 radical (unpaired) electrons. The van der Waals surface area contributed by atoms with E-state index in [4.69, 9.17) is 0 Å². The van der Waals surface area contributed by atoms with Crippen LogP contribution >= 0.6 is 27.7 Å². The topological polar surface area (TPSA) is 42.7 Å². The van der Waals surface area contributed by atoms with Gasteiger partial charge in [0.05, 0.1) is 11.7 Å². The van der Waals surface area contributed by atoms with Crippen molar-refractivity contribution in [1.29, 1.82) is 0 Å². The quantitative estimate of drug-likeness (QED) is 0.929. The Morgan fingerprint density at radius 3 is 2.88 bits per heavy atom. The molecule has 0 spiro atoms. The predicted octanol–water partition coefficient (Wildman–Crippen LogP) is 2.12. The number of aryl methyl sites for hydroxylation is 1. The van der Waals surface area contributed by atoms with Crippen LogP contribution < -0.4 is 5.32 Å². The van der Waals surface area contributed by atoms with Crippen LogP contribution in [-0.2, 0) is 7.05 Å². The van der Waals surface area contributed by atoms with Crippen molar-refractivity contribution in [1.82, 2.24) is 20.3 Å². The van der Waals surface area contributed by atoms with Gasteiger partial charge in [-0.3, -0.25) is 0 Å². The second-order valence-corrected chi connectivity index (χ2v) is 6.16.